The van der Waals surface area contributed by atoms with Crippen LogP contribution in [0.5, 0.6) is 5.75 Å². The van der Waals surface area contributed by atoms with Gasteiger partial charge in [-0.1, -0.05) is 24.0 Å². The lowest BCUT2D eigenvalue weighted by atomic mass is 9.87. The van der Waals surface area contributed by atoms with Crippen molar-refractivity contribution >= 4 is 17.5 Å². The van der Waals surface area contributed by atoms with E-state index in [4.69, 9.17) is 10.9 Å². The third-order valence-corrected chi connectivity index (χ3v) is 5.07. The summed E-state index contributed by atoms with van der Waals surface area (Å²) in [6.07, 6.45) is 0. The summed E-state index contributed by atoms with van der Waals surface area (Å²) < 4.78 is 0. The minimum Gasteiger partial charge on any atom is -0.508 e. The molecule has 8 nitrogen and oxygen atoms in total. The zero-order valence-corrected chi connectivity index (χ0v) is 17.7. The highest BCUT2D eigenvalue weighted by Gasteiger charge is 2.40. The first kappa shape index (κ1) is 23.3. The molecule has 2 amide bonds. The minimum absolute atomic E-state index is 0.0265. The normalized spacial score (nSPS) is 13.1. The SMILES string of the molecule is CC(O)(c1ccc(O)cc1)[C@H](NC(=O)c1ccc(C#Cc2ccc(N)cc2)cc1)C(=O)NO. The molecule has 3 aromatic rings. The monoisotopic (exact) mass is 445 g/mol. The van der Waals surface area contributed by atoms with Crippen LogP contribution >= 0.6 is 0 Å². The summed E-state index contributed by atoms with van der Waals surface area (Å²) in [5.41, 5.74) is 7.82. The molecule has 33 heavy (non-hydrogen) atoms. The van der Waals surface area contributed by atoms with Crippen LogP contribution in [0.15, 0.2) is 72.8 Å². The van der Waals surface area contributed by atoms with Gasteiger partial charge in [0, 0.05) is 22.4 Å². The van der Waals surface area contributed by atoms with Crippen molar-refractivity contribution < 1.29 is 25.0 Å². The van der Waals surface area contributed by atoms with E-state index < -0.39 is 23.5 Å². The molecule has 0 saturated carbocycles. The number of carbonyl (C=O) groups is 2. The van der Waals surface area contributed by atoms with Gasteiger partial charge >= 0.3 is 0 Å². The van der Waals surface area contributed by atoms with Gasteiger partial charge in [-0.3, -0.25) is 14.8 Å². The van der Waals surface area contributed by atoms with Crippen LogP contribution < -0.4 is 16.5 Å². The van der Waals surface area contributed by atoms with Crippen LogP contribution in [-0.2, 0) is 10.4 Å². The maximum Gasteiger partial charge on any atom is 0.269 e. The van der Waals surface area contributed by atoms with Crippen molar-refractivity contribution in [2.75, 3.05) is 5.73 Å². The molecule has 0 bridgehead atoms. The second-order valence-corrected chi connectivity index (χ2v) is 7.53. The fourth-order valence-electron chi connectivity index (χ4n) is 3.12. The second-order valence-electron chi connectivity index (χ2n) is 7.53. The molecule has 3 rings (SSSR count). The predicted octanol–water partition coefficient (Wildman–Crippen LogP) is 1.89. The molecule has 0 aliphatic rings. The molecule has 8 heteroatoms. The number of hydrogen-bond donors (Lipinski definition) is 6. The average molecular weight is 445 g/mol. The molecule has 0 aliphatic heterocycles. The Labute approximate surface area is 190 Å². The van der Waals surface area contributed by atoms with Crippen LogP contribution in [0.25, 0.3) is 0 Å². The third-order valence-electron chi connectivity index (χ3n) is 5.07. The van der Waals surface area contributed by atoms with Gasteiger partial charge in [-0.25, -0.2) is 5.48 Å². The Morgan fingerprint density at radius 3 is 1.94 bits per heavy atom. The maximum absolute atomic E-state index is 12.8. The zero-order valence-electron chi connectivity index (χ0n) is 17.7. The van der Waals surface area contributed by atoms with Gasteiger partial charge in [-0.2, -0.15) is 0 Å². The number of nitrogens with two attached hydrogens (primary N) is 1. The van der Waals surface area contributed by atoms with Crippen LogP contribution in [0.1, 0.15) is 34.0 Å². The van der Waals surface area contributed by atoms with Crippen LogP contribution in [0, 0.1) is 11.8 Å². The van der Waals surface area contributed by atoms with Gasteiger partial charge < -0.3 is 21.3 Å². The van der Waals surface area contributed by atoms with Crippen molar-refractivity contribution in [3.63, 3.8) is 0 Å². The molecular weight excluding hydrogens is 422 g/mol. The average Bonchev–Trinajstić information content (AvgIpc) is 2.82. The van der Waals surface area contributed by atoms with E-state index in [2.05, 4.69) is 17.2 Å². The van der Waals surface area contributed by atoms with Crippen molar-refractivity contribution in [3.8, 4) is 17.6 Å². The molecular formula is C25H23N3O5. The molecule has 0 aliphatic carbocycles. The summed E-state index contributed by atoms with van der Waals surface area (Å²) >= 11 is 0. The largest absolute Gasteiger partial charge is 0.508 e. The number of hydrogen-bond acceptors (Lipinski definition) is 6. The predicted molar refractivity (Wildman–Crippen MR) is 122 cm³/mol. The highest BCUT2D eigenvalue weighted by molar-refractivity contribution is 5.98. The van der Waals surface area contributed by atoms with E-state index in [-0.39, 0.29) is 16.9 Å². The maximum atomic E-state index is 12.8. The van der Waals surface area contributed by atoms with Gasteiger partial charge in [0.2, 0.25) is 0 Å². The lowest BCUT2D eigenvalue weighted by Crippen LogP contribution is -2.57. The number of benzene rings is 3. The lowest BCUT2D eigenvalue weighted by Gasteiger charge is -2.32. The van der Waals surface area contributed by atoms with E-state index in [9.17, 15) is 19.8 Å². The summed E-state index contributed by atoms with van der Waals surface area (Å²) in [5.74, 6) is 4.31. The van der Waals surface area contributed by atoms with E-state index in [1.54, 1.807) is 36.4 Å². The summed E-state index contributed by atoms with van der Waals surface area (Å²) in [5, 5.41) is 32.0. The van der Waals surface area contributed by atoms with Gasteiger partial charge in [0.05, 0.1) is 0 Å². The fourth-order valence-corrected chi connectivity index (χ4v) is 3.12. The molecule has 168 valence electrons. The molecule has 0 saturated heterocycles. The highest BCUT2D eigenvalue weighted by Crippen LogP contribution is 2.27. The van der Waals surface area contributed by atoms with E-state index >= 15 is 0 Å². The van der Waals surface area contributed by atoms with Crippen molar-refractivity contribution in [1.29, 1.82) is 0 Å². The number of anilines is 1. The van der Waals surface area contributed by atoms with Crippen LogP contribution in [0.4, 0.5) is 5.69 Å². The number of hydroxylamine groups is 1. The van der Waals surface area contributed by atoms with Gasteiger partial charge in [-0.05, 0) is 73.2 Å². The number of aliphatic hydroxyl groups is 1. The number of rotatable bonds is 5. The van der Waals surface area contributed by atoms with E-state index in [1.807, 2.05) is 0 Å². The van der Waals surface area contributed by atoms with E-state index in [1.165, 1.54) is 48.8 Å². The van der Waals surface area contributed by atoms with E-state index in [0.717, 1.165) is 5.56 Å². The van der Waals surface area contributed by atoms with E-state index in [0.29, 0.717) is 11.3 Å². The Kier molecular flexibility index (Phi) is 6.98. The van der Waals surface area contributed by atoms with Gasteiger partial charge in [0.1, 0.15) is 17.4 Å². The second kappa shape index (κ2) is 9.87. The standard InChI is InChI=1S/C25H23N3O5/c1-25(32,19-10-14-21(29)15-11-19)22(24(31)28-33)27-23(30)18-8-4-16(5-9-18)2-3-17-6-12-20(26)13-7-17/h4-15,22,29,32-33H,26H2,1H3,(H,27,30)(H,28,31)/t22-,25?/m1/s1. The fraction of sp³-hybridized carbons (Fsp3) is 0.120. The molecule has 0 spiro atoms. The van der Waals surface area contributed by atoms with Gasteiger partial charge in [-0.15, -0.1) is 0 Å². The molecule has 1 unspecified atom stereocenters. The molecule has 0 radical (unpaired) electrons. The molecule has 0 fully saturated rings. The van der Waals surface area contributed by atoms with Crippen LogP contribution in [-0.4, -0.2) is 33.3 Å². The number of amides is 2. The molecule has 7 N–H and O–H groups in total. The lowest BCUT2D eigenvalue weighted by molar-refractivity contribution is -0.138. The summed E-state index contributed by atoms with van der Waals surface area (Å²) in [6.45, 7) is 1.31. The zero-order chi connectivity index (χ0) is 24.0. The van der Waals surface area contributed by atoms with Crippen molar-refractivity contribution in [1.82, 2.24) is 10.8 Å². The topological polar surface area (TPSA) is 145 Å². The number of nitrogens with one attached hydrogen (secondary N) is 2. The summed E-state index contributed by atoms with van der Waals surface area (Å²) in [4.78, 5) is 25.0. The Hall–Kier alpha value is -4.32. The number of carbonyl (C=O) groups excluding carboxylic acids is 2. The van der Waals surface area contributed by atoms with Gasteiger partial charge in [0.25, 0.3) is 11.8 Å². The van der Waals surface area contributed by atoms with Crippen LogP contribution in [0.2, 0.25) is 0 Å². The van der Waals surface area contributed by atoms with Crippen molar-refractivity contribution in [3.05, 3.63) is 95.1 Å². The Balaban J connectivity index is 1.78. The quantitative estimate of drug-likeness (QED) is 0.153. The van der Waals surface area contributed by atoms with Crippen molar-refractivity contribution in [2.45, 2.75) is 18.6 Å². The number of aromatic hydroxyl groups is 1. The number of phenolic OH excluding ortho intramolecular Hbond substituents is 1. The molecule has 2 atom stereocenters. The van der Waals surface area contributed by atoms with Crippen LogP contribution in [0.3, 0.4) is 0 Å². The first-order chi connectivity index (χ1) is 15.7. The third kappa shape index (κ3) is 5.68. The summed E-state index contributed by atoms with van der Waals surface area (Å²) in [7, 11) is 0. The molecule has 0 heterocycles. The Bertz CT molecular complexity index is 1190. The smallest absolute Gasteiger partial charge is 0.269 e. The molecule has 0 aromatic heterocycles. The first-order valence-electron chi connectivity index (χ1n) is 9.95. The first-order valence-corrected chi connectivity index (χ1v) is 9.95. The van der Waals surface area contributed by atoms with Gasteiger partial charge in [0.15, 0.2) is 0 Å². The number of phenols is 1. The highest BCUT2D eigenvalue weighted by atomic mass is 16.5. The van der Waals surface area contributed by atoms with Crippen molar-refractivity contribution in [2.24, 2.45) is 0 Å². The number of nitrogen functional groups attached to an aromatic ring is 1. The molecule has 3 aromatic carbocycles. The Morgan fingerprint density at radius 2 is 1.42 bits per heavy atom. The summed E-state index contributed by atoms with van der Waals surface area (Å²) in [6, 6.07) is 17.5. The minimum atomic E-state index is -1.89. The Morgan fingerprint density at radius 1 is 0.909 bits per heavy atom.